The fourth-order valence-corrected chi connectivity index (χ4v) is 1.73. The van der Waals surface area contributed by atoms with Crippen molar-refractivity contribution in [2.45, 2.75) is 31.5 Å². The number of nitrogens with two attached hydrogens (primary N) is 1. The van der Waals surface area contributed by atoms with Gasteiger partial charge in [-0.15, -0.1) is 0 Å². The van der Waals surface area contributed by atoms with Crippen LogP contribution >= 0.6 is 0 Å². The average Bonchev–Trinajstić information content (AvgIpc) is 2.18. The number of likely N-dealkylation sites (tertiary alicyclic amines) is 1. The van der Waals surface area contributed by atoms with Gasteiger partial charge in [0, 0.05) is 7.11 Å². The van der Waals surface area contributed by atoms with Crippen molar-refractivity contribution in [1.82, 2.24) is 4.90 Å². The number of rotatable bonds is 4. The minimum atomic E-state index is -0.567. The molecule has 0 aromatic rings. The molecule has 0 aliphatic carbocycles. The Kier molecular flexibility index (Phi) is 4.66. The number of piperidine rings is 1. The van der Waals surface area contributed by atoms with E-state index in [0.29, 0.717) is 6.61 Å². The van der Waals surface area contributed by atoms with Gasteiger partial charge in [0.05, 0.1) is 12.8 Å². The van der Waals surface area contributed by atoms with Gasteiger partial charge in [-0.3, -0.25) is 4.90 Å². The monoisotopic (exact) mass is 188 g/mol. The van der Waals surface area contributed by atoms with E-state index < -0.39 is 6.10 Å². The summed E-state index contributed by atoms with van der Waals surface area (Å²) in [5.74, 6) is 0. The second kappa shape index (κ2) is 5.54. The van der Waals surface area contributed by atoms with Crippen molar-refractivity contribution >= 4 is 0 Å². The molecule has 0 saturated carbocycles. The number of hydrogen-bond acceptors (Lipinski definition) is 4. The number of ether oxygens (including phenoxy) is 1. The molecule has 0 spiro atoms. The molecule has 13 heavy (non-hydrogen) atoms. The van der Waals surface area contributed by atoms with Gasteiger partial charge in [-0.05, 0) is 25.9 Å². The summed E-state index contributed by atoms with van der Waals surface area (Å²) in [6.07, 6.45) is 2.83. The third-order valence-corrected chi connectivity index (χ3v) is 2.54. The van der Waals surface area contributed by atoms with Crippen molar-refractivity contribution in [2.75, 3.05) is 26.8 Å². The fourth-order valence-electron chi connectivity index (χ4n) is 1.73. The zero-order valence-corrected chi connectivity index (χ0v) is 8.28. The van der Waals surface area contributed by atoms with E-state index in [2.05, 4.69) is 4.90 Å². The van der Waals surface area contributed by atoms with Crippen LogP contribution in [0.5, 0.6) is 0 Å². The molecule has 0 amide bonds. The molecule has 2 unspecified atom stereocenters. The Balaban J connectivity index is 2.31. The molecule has 2 atom stereocenters. The van der Waals surface area contributed by atoms with E-state index in [1.54, 1.807) is 7.11 Å². The van der Waals surface area contributed by atoms with E-state index in [0.717, 1.165) is 13.1 Å². The topological polar surface area (TPSA) is 58.7 Å². The Labute approximate surface area is 79.7 Å². The van der Waals surface area contributed by atoms with Crippen LogP contribution in [0.2, 0.25) is 0 Å². The number of aliphatic hydroxyl groups is 1. The molecule has 1 aliphatic heterocycles. The van der Waals surface area contributed by atoms with Gasteiger partial charge >= 0.3 is 0 Å². The summed E-state index contributed by atoms with van der Waals surface area (Å²) in [4.78, 5) is 2.13. The summed E-state index contributed by atoms with van der Waals surface area (Å²) < 4.78 is 4.86. The first kappa shape index (κ1) is 10.9. The lowest BCUT2D eigenvalue weighted by Crippen LogP contribution is -2.53. The molecule has 1 heterocycles. The van der Waals surface area contributed by atoms with Crippen molar-refractivity contribution in [2.24, 2.45) is 5.73 Å². The maximum atomic E-state index is 9.58. The van der Waals surface area contributed by atoms with Crippen LogP contribution in [-0.4, -0.2) is 49.1 Å². The van der Waals surface area contributed by atoms with Gasteiger partial charge in [0.1, 0.15) is 6.10 Å². The standard InChI is InChI=1S/C9H20N2O2/c1-13-7-8(12)9(10)11-5-3-2-4-6-11/h8-9,12H,2-7,10H2,1H3. The minimum absolute atomic E-state index is 0.264. The number of nitrogens with zero attached hydrogens (tertiary/aromatic N) is 1. The van der Waals surface area contributed by atoms with E-state index in [1.165, 1.54) is 19.3 Å². The highest BCUT2D eigenvalue weighted by Gasteiger charge is 2.23. The van der Waals surface area contributed by atoms with E-state index in [-0.39, 0.29) is 6.17 Å². The smallest absolute Gasteiger partial charge is 0.106 e. The maximum Gasteiger partial charge on any atom is 0.106 e. The van der Waals surface area contributed by atoms with Crippen molar-refractivity contribution in [3.63, 3.8) is 0 Å². The van der Waals surface area contributed by atoms with E-state index in [4.69, 9.17) is 10.5 Å². The lowest BCUT2D eigenvalue weighted by Gasteiger charge is -2.34. The van der Waals surface area contributed by atoms with Crippen LogP contribution < -0.4 is 5.73 Å². The summed E-state index contributed by atoms with van der Waals surface area (Å²) in [6, 6.07) is 0. The van der Waals surface area contributed by atoms with Crippen molar-refractivity contribution in [3.8, 4) is 0 Å². The van der Waals surface area contributed by atoms with Gasteiger partial charge in [0.2, 0.25) is 0 Å². The summed E-state index contributed by atoms with van der Waals surface area (Å²) in [5, 5.41) is 9.58. The Hall–Kier alpha value is -0.160. The molecule has 1 aliphatic rings. The SMILES string of the molecule is COCC(O)C(N)N1CCCCC1. The Bertz CT molecular complexity index is 138. The van der Waals surface area contributed by atoms with Crippen LogP contribution in [0.4, 0.5) is 0 Å². The highest BCUT2D eigenvalue weighted by molar-refractivity contribution is 4.76. The predicted molar refractivity (Wildman–Crippen MR) is 51.3 cm³/mol. The second-order valence-corrected chi connectivity index (χ2v) is 3.61. The highest BCUT2D eigenvalue weighted by Crippen LogP contribution is 2.11. The molecular formula is C9H20N2O2. The number of methoxy groups -OCH3 is 1. The second-order valence-electron chi connectivity index (χ2n) is 3.61. The lowest BCUT2D eigenvalue weighted by atomic mass is 10.1. The molecule has 0 aromatic carbocycles. The molecule has 1 saturated heterocycles. The largest absolute Gasteiger partial charge is 0.388 e. The van der Waals surface area contributed by atoms with Gasteiger partial charge in [0.15, 0.2) is 0 Å². The average molecular weight is 188 g/mol. The first-order valence-electron chi connectivity index (χ1n) is 4.92. The summed E-state index contributed by atoms with van der Waals surface area (Å²) in [5.41, 5.74) is 5.87. The molecular weight excluding hydrogens is 168 g/mol. The normalized spacial score (nSPS) is 24.2. The van der Waals surface area contributed by atoms with Crippen LogP contribution in [0.3, 0.4) is 0 Å². The van der Waals surface area contributed by atoms with Gasteiger partial charge in [-0.25, -0.2) is 0 Å². The van der Waals surface area contributed by atoms with Crippen LogP contribution in [0, 0.1) is 0 Å². The van der Waals surface area contributed by atoms with Crippen LogP contribution in [-0.2, 0) is 4.74 Å². The summed E-state index contributed by atoms with van der Waals surface area (Å²) in [6.45, 7) is 2.32. The molecule has 0 radical (unpaired) electrons. The van der Waals surface area contributed by atoms with Crippen molar-refractivity contribution in [1.29, 1.82) is 0 Å². The Morgan fingerprint density at radius 1 is 1.38 bits per heavy atom. The zero-order chi connectivity index (χ0) is 9.68. The quantitative estimate of drug-likeness (QED) is 0.639. The Morgan fingerprint density at radius 2 is 2.00 bits per heavy atom. The molecule has 3 N–H and O–H groups in total. The molecule has 78 valence electrons. The van der Waals surface area contributed by atoms with Crippen LogP contribution in [0.1, 0.15) is 19.3 Å². The van der Waals surface area contributed by atoms with Gasteiger partial charge < -0.3 is 15.6 Å². The highest BCUT2D eigenvalue weighted by atomic mass is 16.5. The lowest BCUT2D eigenvalue weighted by molar-refractivity contribution is -0.00705. The van der Waals surface area contributed by atoms with Crippen molar-refractivity contribution in [3.05, 3.63) is 0 Å². The summed E-state index contributed by atoms with van der Waals surface area (Å²) in [7, 11) is 1.58. The molecule has 0 bridgehead atoms. The fraction of sp³-hybridized carbons (Fsp3) is 1.00. The van der Waals surface area contributed by atoms with Crippen molar-refractivity contribution < 1.29 is 9.84 Å². The van der Waals surface area contributed by atoms with Gasteiger partial charge in [-0.2, -0.15) is 0 Å². The zero-order valence-electron chi connectivity index (χ0n) is 8.28. The molecule has 4 nitrogen and oxygen atoms in total. The van der Waals surface area contributed by atoms with E-state index in [1.807, 2.05) is 0 Å². The number of aliphatic hydroxyl groups excluding tert-OH is 1. The van der Waals surface area contributed by atoms with Crippen LogP contribution in [0.25, 0.3) is 0 Å². The maximum absolute atomic E-state index is 9.58. The first-order valence-corrected chi connectivity index (χ1v) is 4.92. The Morgan fingerprint density at radius 3 is 2.54 bits per heavy atom. The minimum Gasteiger partial charge on any atom is -0.388 e. The number of hydrogen-bond donors (Lipinski definition) is 2. The first-order chi connectivity index (χ1) is 6.25. The van der Waals surface area contributed by atoms with Gasteiger partial charge in [0.25, 0.3) is 0 Å². The van der Waals surface area contributed by atoms with E-state index >= 15 is 0 Å². The third kappa shape index (κ3) is 3.23. The summed E-state index contributed by atoms with van der Waals surface area (Å²) >= 11 is 0. The van der Waals surface area contributed by atoms with Crippen LogP contribution in [0.15, 0.2) is 0 Å². The molecule has 4 heteroatoms. The van der Waals surface area contributed by atoms with E-state index in [9.17, 15) is 5.11 Å². The molecule has 0 aromatic heterocycles. The molecule has 1 fully saturated rings. The van der Waals surface area contributed by atoms with Gasteiger partial charge in [-0.1, -0.05) is 6.42 Å². The molecule has 1 rings (SSSR count). The predicted octanol–water partition coefficient (Wildman–Crippen LogP) is -0.236. The third-order valence-electron chi connectivity index (χ3n) is 2.54.